The van der Waals surface area contributed by atoms with Gasteiger partial charge in [-0.1, -0.05) is 0 Å². The Morgan fingerprint density at radius 1 is 1.35 bits per heavy atom. The number of β-amino-alcohol motifs (C(OH)–C–C–N with tert-alkyl or cyclic N) is 1. The minimum absolute atomic E-state index is 0.0343. The molecule has 2 aliphatic heterocycles. The van der Waals surface area contributed by atoms with E-state index in [1.165, 1.54) is 0 Å². The molecule has 4 aliphatic rings. The molecule has 7 nitrogen and oxygen atoms in total. The Morgan fingerprint density at radius 3 is 2.84 bits per heavy atom. The molecule has 0 aromatic heterocycles. The topological polar surface area (TPSA) is 94.2 Å². The number of hydrogen-bond donors (Lipinski definition) is 3. The molecule has 12 heteroatoms. The fourth-order valence-electron chi connectivity index (χ4n) is 6.36. The lowest BCUT2D eigenvalue weighted by Gasteiger charge is -2.32. The number of likely N-dealkylation sites (tertiary alicyclic amines) is 1. The molecule has 0 spiro atoms. The van der Waals surface area contributed by atoms with Gasteiger partial charge in [-0.05, 0) is 68.2 Å². The number of anilines is 1. The van der Waals surface area contributed by atoms with Crippen molar-refractivity contribution in [2.75, 3.05) is 44.6 Å². The molecule has 5 atom stereocenters. The van der Waals surface area contributed by atoms with Crippen LogP contribution >= 0.6 is 11.8 Å². The molecule has 2 heterocycles. The lowest BCUT2D eigenvalue weighted by Crippen LogP contribution is -2.44. The van der Waals surface area contributed by atoms with Gasteiger partial charge < -0.3 is 26.0 Å². The standard InChI is InChI=1S/C25H33F4N5O2S/c26-20-3-2-16(9-19(20)25(27,28)29)32-23(36)34(6-1-5-33-7-4-18(35)14-33)17-8-15-10-24(15,11-17)21-13-31-22(12-30)37-21/h2-3,9,15,17-18,21,35H,1,4-8,10-14,30H2,(H,32,36)/t15-,17-,18+,21?,24+/m1/s1. The van der Waals surface area contributed by atoms with Crippen LogP contribution in [0.4, 0.5) is 28.0 Å². The zero-order chi connectivity index (χ0) is 26.4. The van der Waals surface area contributed by atoms with E-state index in [2.05, 4.69) is 15.2 Å². The molecule has 2 saturated carbocycles. The number of aliphatic imine (C=N–C) groups is 1. The summed E-state index contributed by atoms with van der Waals surface area (Å²) >= 11 is 1.75. The minimum Gasteiger partial charge on any atom is -0.392 e. The van der Waals surface area contributed by atoms with E-state index in [0.717, 1.165) is 62.5 Å². The van der Waals surface area contributed by atoms with Crippen molar-refractivity contribution in [1.29, 1.82) is 0 Å². The maximum Gasteiger partial charge on any atom is 0.419 e. The molecule has 1 aromatic carbocycles. The van der Waals surface area contributed by atoms with E-state index in [0.29, 0.717) is 43.3 Å². The predicted octanol–water partition coefficient (Wildman–Crippen LogP) is 3.78. The van der Waals surface area contributed by atoms with E-state index >= 15 is 0 Å². The second-order valence-corrected chi connectivity index (χ2v) is 12.0. The number of carbonyl (C=O) groups is 1. The van der Waals surface area contributed by atoms with Gasteiger partial charge in [-0.2, -0.15) is 13.2 Å². The summed E-state index contributed by atoms with van der Waals surface area (Å²) in [4.78, 5) is 21.9. The van der Waals surface area contributed by atoms with Crippen LogP contribution in [0.2, 0.25) is 0 Å². The van der Waals surface area contributed by atoms with Gasteiger partial charge in [-0.3, -0.25) is 4.99 Å². The van der Waals surface area contributed by atoms with Crippen molar-refractivity contribution in [1.82, 2.24) is 9.80 Å². The molecular formula is C25H33F4N5O2S. The lowest BCUT2D eigenvalue weighted by atomic mass is 9.96. The van der Waals surface area contributed by atoms with Crippen LogP contribution < -0.4 is 11.1 Å². The number of aliphatic hydroxyl groups is 1. The van der Waals surface area contributed by atoms with Crippen LogP contribution in [0.3, 0.4) is 0 Å². The molecule has 37 heavy (non-hydrogen) atoms. The monoisotopic (exact) mass is 543 g/mol. The largest absolute Gasteiger partial charge is 0.419 e. The van der Waals surface area contributed by atoms with Gasteiger partial charge in [0, 0.05) is 43.2 Å². The summed E-state index contributed by atoms with van der Waals surface area (Å²) in [6, 6.07) is 2.02. The van der Waals surface area contributed by atoms with Gasteiger partial charge in [-0.25, -0.2) is 9.18 Å². The van der Waals surface area contributed by atoms with Crippen molar-refractivity contribution in [3.63, 3.8) is 0 Å². The third kappa shape index (κ3) is 5.62. The van der Waals surface area contributed by atoms with E-state index in [9.17, 15) is 27.5 Å². The molecule has 1 saturated heterocycles. The molecule has 204 valence electrons. The highest BCUT2D eigenvalue weighted by atomic mass is 32.2. The number of nitrogens with two attached hydrogens (primary N) is 1. The second-order valence-electron chi connectivity index (χ2n) is 10.7. The summed E-state index contributed by atoms with van der Waals surface area (Å²) in [5.41, 5.74) is 4.40. The third-order valence-corrected chi connectivity index (χ3v) is 9.80. The number of hydrogen-bond acceptors (Lipinski definition) is 6. The number of urea groups is 1. The maximum absolute atomic E-state index is 13.8. The Kier molecular flexibility index (Phi) is 7.47. The Bertz CT molecular complexity index is 1060. The van der Waals surface area contributed by atoms with Crippen LogP contribution in [0.15, 0.2) is 23.2 Å². The molecule has 4 N–H and O–H groups in total. The number of nitrogens with one attached hydrogen (secondary N) is 1. The van der Waals surface area contributed by atoms with Crippen LogP contribution in [0.5, 0.6) is 0 Å². The number of fused-ring (bicyclic) bond motifs is 1. The average Bonchev–Trinajstić information content (AvgIpc) is 3.25. The van der Waals surface area contributed by atoms with E-state index in [1.54, 1.807) is 16.7 Å². The number of amides is 2. The highest BCUT2D eigenvalue weighted by Crippen LogP contribution is 2.69. The maximum atomic E-state index is 13.8. The number of rotatable bonds is 8. The molecule has 1 unspecified atom stereocenters. The fraction of sp³-hybridized carbons (Fsp3) is 0.680. The van der Waals surface area contributed by atoms with Gasteiger partial charge in [0.15, 0.2) is 0 Å². The molecule has 1 aromatic rings. The summed E-state index contributed by atoms with van der Waals surface area (Å²) < 4.78 is 53.4. The third-order valence-electron chi connectivity index (χ3n) is 8.32. The Morgan fingerprint density at radius 2 is 2.16 bits per heavy atom. The van der Waals surface area contributed by atoms with Crippen LogP contribution in [-0.2, 0) is 6.18 Å². The number of alkyl halides is 3. The van der Waals surface area contributed by atoms with Crippen molar-refractivity contribution in [2.45, 2.75) is 55.7 Å². The van der Waals surface area contributed by atoms with Crippen LogP contribution in [0.1, 0.15) is 37.7 Å². The van der Waals surface area contributed by atoms with E-state index in [-0.39, 0.29) is 23.2 Å². The number of benzene rings is 1. The molecular weight excluding hydrogens is 510 g/mol. The smallest absolute Gasteiger partial charge is 0.392 e. The highest BCUT2D eigenvalue weighted by molar-refractivity contribution is 8.14. The van der Waals surface area contributed by atoms with Gasteiger partial charge in [0.2, 0.25) is 0 Å². The SMILES string of the molecule is NCC1=NCC([C@@]23C[C@H](N(CCCN4CC[C@H](O)C4)C(=O)Nc4ccc(F)c(C(F)(F)F)c4)C[C@@H]2C3)S1. The normalized spacial score (nSPS) is 31.4. The fourth-order valence-corrected chi connectivity index (χ4v) is 7.70. The Balaban J connectivity index is 1.28. The molecule has 2 aliphatic carbocycles. The van der Waals surface area contributed by atoms with Crippen molar-refractivity contribution >= 4 is 28.5 Å². The van der Waals surface area contributed by atoms with E-state index in [1.807, 2.05) is 0 Å². The van der Waals surface area contributed by atoms with Crippen molar-refractivity contribution in [3.05, 3.63) is 29.6 Å². The zero-order valence-corrected chi connectivity index (χ0v) is 21.3. The molecule has 0 radical (unpaired) electrons. The molecule has 5 rings (SSSR count). The quantitative estimate of drug-likeness (QED) is 0.434. The summed E-state index contributed by atoms with van der Waals surface area (Å²) in [6.45, 7) is 3.76. The first-order valence-corrected chi connectivity index (χ1v) is 13.7. The predicted molar refractivity (Wildman–Crippen MR) is 135 cm³/mol. The van der Waals surface area contributed by atoms with E-state index < -0.39 is 23.6 Å². The van der Waals surface area contributed by atoms with Gasteiger partial charge in [0.1, 0.15) is 5.82 Å². The van der Waals surface area contributed by atoms with Crippen LogP contribution in [0.25, 0.3) is 0 Å². The van der Waals surface area contributed by atoms with Gasteiger partial charge in [0.25, 0.3) is 0 Å². The molecule has 0 bridgehead atoms. The number of carbonyl (C=O) groups excluding carboxylic acids is 1. The molecule has 3 fully saturated rings. The lowest BCUT2D eigenvalue weighted by molar-refractivity contribution is -0.139. The minimum atomic E-state index is -4.85. The number of aliphatic hydroxyl groups excluding tert-OH is 1. The average molecular weight is 544 g/mol. The Labute approximate surface area is 217 Å². The zero-order valence-electron chi connectivity index (χ0n) is 20.5. The van der Waals surface area contributed by atoms with Gasteiger partial charge in [0.05, 0.1) is 23.3 Å². The van der Waals surface area contributed by atoms with Gasteiger partial charge >= 0.3 is 12.2 Å². The van der Waals surface area contributed by atoms with Crippen molar-refractivity contribution < 1.29 is 27.5 Å². The van der Waals surface area contributed by atoms with Crippen molar-refractivity contribution in [2.24, 2.45) is 22.1 Å². The first kappa shape index (κ1) is 26.7. The number of halogens is 4. The molecule has 2 amide bonds. The highest BCUT2D eigenvalue weighted by Gasteiger charge is 2.65. The van der Waals surface area contributed by atoms with Crippen molar-refractivity contribution in [3.8, 4) is 0 Å². The summed E-state index contributed by atoms with van der Waals surface area (Å²) in [5.74, 6) is -0.880. The number of thioether (sulfide) groups is 1. The van der Waals surface area contributed by atoms with Gasteiger partial charge in [-0.15, -0.1) is 11.8 Å². The summed E-state index contributed by atoms with van der Waals surface area (Å²) in [7, 11) is 0. The summed E-state index contributed by atoms with van der Waals surface area (Å²) in [5, 5.41) is 13.7. The first-order valence-electron chi connectivity index (χ1n) is 12.8. The number of nitrogens with zero attached hydrogens (tertiary/aromatic N) is 3. The second kappa shape index (κ2) is 10.3. The van der Waals surface area contributed by atoms with E-state index in [4.69, 9.17) is 5.73 Å². The Hall–Kier alpha value is -1.89. The first-order chi connectivity index (χ1) is 17.6. The summed E-state index contributed by atoms with van der Waals surface area (Å²) in [6.07, 6.45) is -0.987. The van der Waals surface area contributed by atoms with Crippen LogP contribution in [-0.4, -0.2) is 82.6 Å². The van der Waals surface area contributed by atoms with Crippen LogP contribution in [0, 0.1) is 17.2 Å².